The molecule has 0 spiro atoms. The van der Waals surface area contributed by atoms with Crippen LogP contribution in [0.1, 0.15) is 25.5 Å². The Morgan fingerprint density at radius 1 is 1.47 bits per heavy atom. The zero-order valence-electron chi connectivity index (χ0n) is 10.4. The number of hydrogen-bond donors (Lipinski definition) is 0. The van der Waals surface area contributed by atoms with Crippen LogP contribution in [0, 0.1) is 0 Å². The van der Waals surface area contributed by atoms with Gasteiger partial charge in [-0.05, 0) is 5.92 Å². The maximum atomic E-state index is 5.08. The van der Waals surface area contributed by atoms with E-state index in [-0.39, 0.29) is 0 Å². The summed E-state index contributed by atoms with van der Waals surface area (Å²) in [5, 5.41) is 3.09. The van der Waals surface area contributed by atoms with Gasteiger partial charge in [0.15, 0.2) is 10.8 Å². The van der Waals surface area contributed by atoms with Crippen molar-refractivity contribution < 1.29 is 4.74 Å². The summed E-state index contributed by atoms with van der Waals surface area (Å²) < 4.78 is 7.16. The molecule has 0 amide bonds. The summed E-state index contributed by atoms with van der Waals surface area (Å²) >= 11 is 1.65. The second-order valence-electron chi connectivity index (χ2n) is 4.17. The smallest absolute Gasteiger partial charge is 0.169 e. The number of nitrogens with zero attached hydrogens (tertiary/aromatic N) is 3. The zero-order chi connectivity index (χ0) is 12.3. The molecule has 0 saturated carbocycles. The molecule has 0 aliphatic carbocycles. The van der Waals surface area contributed by atoms with Crippen LogP contribution in [0.4, 0.5) is 0 Å². The van der Waals surface area contributed by atoms with Gasteiger partial charge in [-0.2, -0.15) is 0 Å². The highest BCUT2D eigenvalue weighted by atomic mass is 32.1. The molecule has 0 atom stereocenters. The van der Waals surface area contributed by atoms with Crippen LogP contribution in [0.15, 0.2) is 17.8 Å². The maximum absolute atomic E-state index is 5.08. The van der Waals surface area contributed by atoms with Crippen molar-refractivity contribution in [1.29, 1.82) is 0 Å². The van der Waals surface area contributed by atoms with E-state index in [1.165, 1.54) is 0 Å². The van der Waals surface area contributed by atoms with Gasteiger partial charge in [0.05, 0.1) is 12.3 Å². The Morgan fingerprint density at radius 3 is 2.94 bits per heavy atom. The Hall–Kier alpha value is -1.20. The lowest BCUT2D eigenvalue weighted by Gasteiger charge is -2.04. The third-order valence-electron chi connectivity index (χ3n) is 2.56. The largest absolute Gasteiger partial charge is 0.383 e. The molecule has 0 N–H and O–H groups in total. The minimum atomic E-state index is 0.461. The lowest BCUT2D eigenvalue weighted by molar-refractivity contribution is 0.187. The second-order valence-corrected chi connectivity index (χ2v) is 5.03. The molecule has 2 aromatic heterocycles. The Balaban J connectivity index is 2.23. The van der Waals surface area contributed by atoms with Crippen LogP contribution < -0.4 is 0 Å². The summed E-state index contributed by atoms with van der Waals surface area (Å²) in [6.45, 7) is 5.79. The van der Waals surface area contributed by atoms with Crippen LogP contribution in [0.5, 0.6) is 0 Å². The number of methoxy groups -OCH3 is 1. The number of imidazole rings is 1. The molecule has 0 fully saturated rings. The zero-order valence-corrected chi connectivity index (χ0v) is 11.2. The minimum Gasteiger partial charge on any atom is -0.383 e. The SMILES string of the molecule is COCCn1ccnc1-c1nc(C(C)C)cs1. The maximum Gasteiger partial charge on any atom is 0.169 e. The predicted octanol–water partition coefficient (Wildman–Crippen LogP) is 2.78. The summed E-state index contributed by atoms with van der Waals surface area (Å²) in [4.78, 5) is 8.98. The van der Waals surface area contributed by atoms with Gasteiger partial charge >= 0.3 is 0 Å². The molecule has 2 rings (SSSR count). The third kappa shape index (κ3) is 2.73. The van der Waals surface area contributed by atoms with Gasteiger partial charge in [-0.25, -0.2) is 9.97 Å². The summed E-state index contributed by atoms with van der Waals surface area (Å²) in [6, 6.07) is 0. The first-order valence-corrected chi connectivity index (χ1v) is 6.56. The van der Waals surface area contributed by atoms with E-state index in [0.717, 1.165) is 23.1 Å². The molecule has 2 aromatic rings. The van der Waals surface area contributed by atoms with E-state index >= 15 is 0 Å². The van der Waals surface area contributed by atoms with Crippen LogP contribution in [-0.4, -0.2) is 28.3 Å². The van der Waals surface area contributed by atoms with Gasteiger partial charge in [-0.15, -0.1) is 11.3 Å². The van der Waals surface area contributed by atoms with Crippen molar-refractivity contribution in [2.24, 2.45) is 0 Å². The quantitative estimate of drug-likeness (QED) is 0.820. The number of hydrogen-bond acceptors (Lipinski definition) is 4. The van der Waals surface area contributed by atoms with Crippen molar-refractivity contribution in [3.63, 3.8) is 0 Å². The van der Waals surface area contributed by atoms with Crippen molar-refractivity contribution in [2.75, 3.05) is 13.7 Å². The highest BCUT2D eigenvalue weighted by molar-refractivity contribution is 7.13. The summed E-state index contributed by atoms with van der Waals surface area (Å²) in [7, 11) is 1.71. The molecule has 17 heavy (non-hydrogen) atoms. The normalized spacial score (nSPS) is 11.3. The number of rotatable bonds is 5. The lowest BCUT2D eigenvalue weighted by atomic mass is 10.2. The monoisotopic (exact) mass is 251 g/mol. The topological polar surface area (TPSA) is 39.9 Å². The Kier molecular flexibility index (Phi) is 3.91. The van der Waals surface area contributed by atoms with Gasteiger partial charge in [-0.3, -0.25) is 0 Å². The fourth-order valence-electron chi connectivity index (χ4n) is 1.53. The molecule has 0 bridgehead atoms. The van der Waals surface area contributed by atoms with E-state index in [0.29, 0.717) is 12.5 Å². The highest BCUT2D eigenvalue weighted by Crippen LogP contribution is 2.25. The third-order valence-corrected chi connectivity index (χ3v) is 3.41. The average Bonchev–Trinajstić information content (AvgIpc) is 2.94. The molecule has 92 valence electrons. The fourth-order valence-corrected chi connectivity index (χ4v) is 2.52. The Morgan fingerprint density at radius 2 is 2.29 bits per heavy atom. The summed E-state index contributed by atoms with van der Waals surface area (Å²) in [6.07, 6.45) is 3.77. The van der Waals surface area contributed by atoms with Crippen LogP contribution >= 0.6 is 11.3 Å². The minimum absolute atomic E-state index is 0.461. The molecule has 5 heteroatoms. The first-order valence-electron chi connectivity index (χ1n) is 5.68. The molecule has 0 unspecified atom stereocenters. The molecule has 4 nitrogen and oxygen atoms in total. The van der Waals surface area contributed by atoms with E-state index in [1.54, 1.807) is 24.6 Å². The van der Waals surface area contributed by atoms with Crippen molar-refractivity contribution in [3.8, 4) is 10.8 Å². The van der Waals surface area contributed by atoms with Crippen molar-refractivity contribution in [3.05, 3.63) is 23.5 Å². The van der Waals surface area contributed by atoms with E-state index < -0.39 is 0 Å². The second kappa shape index (κ2) is 5.42. The van der Waals surface area contributed by atoms with E-state index in [9.17, 15) is 0 Å². The first-order chi connectivity index (χ1) is 8.22. The van der Waals surface area contributed by atoms with Crippen LogP contribution in [0.3, 0.4) is 0 Å². The average molecular weight is 251 g/mol. The van der Waals surface area contributed by atoms with Crippen LogP contribution in [0.2, 0.25) is 0 Å². The lowest BCUT2D eigenvalue weighted by Crippen LogP contribution is -2.04. The molecule has 0 aliphatic rings. The van der Waals surface area contributed by atoms with Crippen molar-refractivity contribution >= 4 is 11.3 Å². The van der Waals surface area contributed by atoms with Crippen LogP contribution in [-0.2, 0) is 11.3 Å². The van der Waals surface area contributed by atoms with E-state index in [4.69, 9.17) is 4.74 Å². The Labute approximate surface area is 105 Å². The van der Waals surface area contributed by atoms with E-state index in [1.807, 2.05) is 6.20 Å². The number of ether oxygens (including phenoxy) is 1. The summed E-state index contributed by atoms with van der Waals surface area (Å²) in [5.41, 5.74) is 1.13. The molecule has 0 aromatic carbocycles. The van der Waals surface area contributed by atoms with Crippen LogP contribution in [0.25, 0.3) is 10.8 Å². The molecular weight excluding hydrogens is 234 g/mol. The van der Waals surface area contributed by atoms with Crippen molar-refractivity contribution in [1.82, 2.24) is 14.5 Å². The number of thiazole rings is 1. The van der Waals surface area contributed by atoms with Gasteiger partial charge in [0.1, 0.15) is 0 Å². The molecule has 2 heterocycles. The van der Waals surface area contributed by atoms with Crippen molar-refractivity contribution in [2.45, 2.75) is 26.3 Å². The Bertz CT molecular complexity index is 476. The number of aromatic nitrogens is 3. The van der Waals surface area contributed by atoms with Gasteiger partial charge in [0.25, 0.3) is 0 Å². The van der Waals surface area contributed by atoms with Gasteiger partial charge in [-0.1, -0.05) is 13.8 Å². The molecular formula is C12H17N3OS. The fraction of sp³-hybridized carbons (Fsp3) is 0.500. The van der Waals surface area contributed by atoms with Gasteiger partial charge < -0.3 is 9.30 Å². The highest BCUT2D eigenvalue weighted by Gasteiger charge is 2.11. The molecule has 0 saturated heterocycles. The summed E-state index contributed by atoms with van der Waals surface area (Å²) in [5.74, 6) is 1.39. The standard InChI is InChI=1S/C12H17N3OS/c1-9(2)10-8-17-12(14-10)11-13-4-5-15(11)6-7-16-3/h4-5,8-9H,6-7H2,1-3H3. The molecule has 0 radical (unpaired) electrons. The first kappa shape index (κ1) is 12.3. The van der Waals surface area contributed by atoms with Gasteiger partial charge in [0, 0.05) is 31.4 Å². The predicted molar refractivity (Wildman–Crippen MR) is 69.3 cm³/mol. The van der Waals surface area contributed by atoms with Gasteiger partial charge in [0.2, 0.25) is 0 Å². The molecule has 0 aliphatic heterocycles. The van der Waals surface area contributed by atoms with E-state index in [2.05, 4.69) is 33.8 Å².